The fourth-order valence-electron chi connectivity index (χ4n) is 3.61. The molecular weight excluding hydrogens is 384 g/mol. The quantitative estimate of drug-likeness (QED) is 0.670. The lowest BCUT2D eigenvalue weighted by Gasteiger charge is -2.24. The van der Waals surface area contributed by atoms with Crippen LogP contribution in [0, 0.1) is 11.3 Å². The third-order valence-corrected chi connectivity index (χ3v) is 5.04. The lowest BCUT2D eigenvalue weighted by molar-refractivity contribution is 0.354. The van der Waals surface area contributed by atoms with E-state index in [1.807, 2.05) is 36.4 Å². The van der Waals surface area contributed by atoms with Gasteiger partial charge in [0.2, 0.25) is 11.8 Å². The maximum Gasteiger partial charge on any atom is 0.244 e. The first-order valence-electron chi connectivity index (χ1n) is 9.13. The molecule has 0 saturated carbocycles. The number of hydrogen-bond donors (Lipinski definition) is 2. The van der Waals surface area contributed by atoms with Crippen molar-refractivity contribution < 1.29 is 18.9 Å². The molecule has 0 bridgehead atoms. The van der Waals surface area contributed by atoms with Gasteiger partial charge in [-0.05, 0) is 29.8 Å². The summed E-state index contributed by atoms with van der Waals surface area (Å²) in [5.41, 5.74) is 9.41. The number of nitrogens with one attached hydrogen (secondary N) is 1. The Balaban J connectivity index is 1.93. The zero-order chi connectivity index (χ0) is 21.3. The minimum absolute atomic E-state index is 0.0217. The van der Waals surface area contributed by atoms with E-state index < -0.39 is 5.92 Å². The fourth-order valence-corrected chi connectivity index (χ4v) is 3.61. The van der Waals surface area contributed by atoms with Gasteiger partial charge >= 0.3 is 0 Å². The van der Waals surface area contributed by atoms with Crippen molar-refractivity contribution in [3.63, 3.8) is 0 Å². The Bertz CT molecular complexity index is 1180. The van der Waals surface area contributed by atoms with Crippen molar-refractivity contribution in [1.82, 2.24) is 10.2 Å². The largest absolute Gasteiger partial charge is 0.497 e. The Morgan fingerprint density at radius 2 is 1.87 bits per heavy atom. The molecule has 0 aliphatic carbocycles. The van der Waals surface area contributed by atoms with Crippen molar-refractivity contribution in [2.45, 2.75) is 5.92 Å². The van der Waals surface area contributed by atoms with E-state index in [0.717, 1.165) is 11.1 Å². The molecule has 3 N–H and O–H groups in total. The molecule has 0 spiro atoms. The molecule has 2 heterocycles. The first-order chi connectivity index (χ1) is 14.6. The second-order valence-corrected chi connectivity index (χ2v) is 6.59. The monoisotopic (exact) mass is 404 g/mol. The summed E-state index contributed by atoms with van der Waals surface area (Å²) < 4.78 is 21.8. The van der Waals surface area contributed by atoms with Gasteiger partial charge in [-0.25, -0.2) is 0 Å². The molecule has 3 aromatic rings. The van der Waals surface area contributed by atoms with Gasteiger partial charge in [0, 0.05) is 5.56 Å². The highest BCUT2D eigenvalue weighted by Crippen LogP contribution is 2.47. The summed E-state index contributed by atoms with van der Waals surface area (Å²) in [6.45, 7) is 0. The van der Waals surface area contributed by atoms with Gasteiger partial charge in [-0.3, -0.25) is 5.10 Å². The lowest BCUT2D eigenvalue weighted by Crippen LogP contribution is -2.21. The van der Waals surface area contributed by atoms with E-state index in [1.54, 1.807) is 27.4 Å². The first-order valence-corrected chi connectivity index (χ1v) is 9.13. The summed E-state index contributed by atoms with van der Waals surface area (Å²) in [6.07, 6.45) is 0. The van der Waals surface area contributed by atoms with Crippen LogP contribution in [0.1, 0.15) is 17.0 Å². The van der Waals surface area contributed by atoms with E-state index in [9.17, 15) is 5.26 Å². The van der Waals surface area contributed by atoms with E-state index in [2.05, 4.69) is 16.3 Å². The number of aromatic amines is 1. The zero-order valence-electron chi connectivity index (χ0n) is 16.7. The van der Waals surface area contributed by atoms with Gasteiger partial charge in [-0.2, -0.15) is 5.26 Å². The number of rotatable bonds is 5. The number of nitrogens with two attached hydrogens (primary N) is 1. The molecule has 8 nitrogen and oxygen atoms in total. The highest BCUT2D eigenvalue weighted by Gasteiger charge is 2.36. The van der Waals surface area contributed by atoms with Crippen LogP contribution < -0.4 is 24.7 Å². The highest BCUT2D eigenvalue weighted by atomic mass is 16.5. The molecule has 0 fully saturated rings. The Labute approximate surface area is 173 Å². The lowest BCUT2D eigenvalue weighted by atomic mass is 9.83. The zero-order valence-corrected chi connectivity index (χ0v) is 16.7. The first kappa shape index (κ1) is 19.2. The Morgan fingerprint density at radius 3 is 2.57 bits per heavy atom. The number of benzene rings is 2. The van der Waals surface area contributed by atoms with Gasteiger partial charge in [0.05, 0.1) is 38.5 Å². The van der Waals surface area contributed by atoms with Crippen molar-refractivity contribution in [2.75, 3.05) is 21.3 Å². The average Bonchev–Trinajstić information content (AvgIpc) is 3.20. The topological polar surface area (TPSA) is 115 Å². The molecule has 4 rings (SSSR count). The van der Waals surface area contributed by atoms with Crippen molar-refractivity contribution in [3.05, 3.63) is 65.0 Å². The summed E-state index contributed by atoms with van der Waals surface area (Å²) in [7, 11) is 4.74. The van der Waals surface area contributed by atoms with Crippen molar-refractivity contribution >= 4 is 0 Å². The van der Waals surface area contributed by atoms with Crippen molar-refractivity contribution in [3.8, 4) is 40.5 Å². The number of aromatic nitrogens is 2. The Hall–Kier alpha value is -4.12. The van der Waals surface area contributed by atoms with Gasteiger partial charge in [0.15, 0.2) is 11.5 Å². The van der Waals surface area contributed by atoms with E-state index in [1.165, 1.54) is 0 Å². The molecule has 0 amide bonds. The molecule has 2 aromatic carbocycles. The summed E-state index contributed by atoms with van der Waals surface area (Å²) >= 11 is 0. The number of hydrogen-bond acceptors (Lipinski definition) is 7. The van der Waals surface area contributed by atoms with Crippen molar-refractivity contribution in [1.29, 1.82) is 5.26 Å². The van der Waals surface area contributed by atoms with Gasteiger partial charge in [-0.15, -0.1) is 5.10 Å². The molecule has 0 unspecified atom stereocenters. The third-order valence-electron chi connectivity index (χ3n) is 5.04. The summed E-state index contributed by atoms with van der Waals surface area (Å²) in [5.74, 6) is 1.68. The van der Waals surface area contributed by atoms with E-state index >= 15 is 0 Å². The number of nitrogens with zero attached hydrogens (tertiary/aromatic N) is 2. The molecular formula is C22H20N4O4. The highest BCUT2D eigenvalue weighted by molar-refractivity contribution is 5.72. The van der Waals surface area contributed by atoms with Crippen LogP contribution in [0.25, 0.3) is 11.3 Å². The minimum Gasteiger partial charge on any atom is -0.497 e. The molecule has 0 saturated heterocycles. The summed E-state index contributed by atoms with van der Waals surface area (Å²) in [4.78, 5) is 0. The van der Waals surface area contributed by atoms with Crippen molar-refractivity contribution in [2.24, 2.45) is 5.73 Å². The molecule has 152 valence electrons. The van der Waals surface area contributed by atoms with E-state index in [0.29, 0.717) is 40.0 Å². The molecule has 1 aromatic heterocycles. The minimum atomic E-state index is -0.501. The smallest absolute Gasteiger partial charge is 0.244 e. The average molecular weight is 404 g/mol. The molecule has 1 aliphatic rings. The van der Waals surface area contributed by atoms with Crippen LogP contribution in [0.4, 0.5) is 0 Å². The normalized spacial score (nSPS) is 15.1. The van der Waals surface area contributed by atoms with Crippen LogP contribution in [-0.2, 0) is 0 Å². The predicted octanol–water partition coefficient (Wildman–Crippen LogP) is 3.32. The Morgan fingerprint density at radius 1 is 1.07 bits per heavy atom. The number of ether oxygens (including phenoxy) is 4. The fraction of sp³-hybridized carbons (Fsp3) is 0.182. The molecule has 1 atom stereocenters. The van der Waals surface area contributed by atoms with Crippen LogP contribution in [0.5, 0.6) is 23.1 Å². The SMILES string of the molecule is COc1cccc(-c2[nH]nc3c2[C@@H](c2ccc(OC)c(OC)c2)C(C#N)=C(N)O3)c1. The summed E-state index contributed by atoms with van der Waals surface area (Å²) in [5, 5.41) is 17.2. The number of fused-ring (bicyclic) bond motifs is 1. The van der Waals surface area contributed by atoms with Crippen LogP contribution in [0.3, 0.4) is 0 Å². The second-order valence-electron chi connectivity index (χ2n) is 6.59. The second kappa shape index (κ2) is 7.72. The van der Waals surface area contributed by atoms with E-state index in [4.69, 9.17) is 24.7 Å². The maximum absolute atomic E-state index is 9.85. The van der Waals surface area contributed by atoms with Crippen LogP contribution >= 0.6 is 0 Å². The van der Waals surface area contributed by atoms with Crippen LogP contribution in [-0.4, -0.2) is 31.5 Å². The molecule has 30 heavy (non-hydrogen) atoms. The number of nitriles is 1. The summed E-state index contributed by atoms with van der Waals surface area (Å²) in [6, 6.07) is 15.2. The van der Waals surface area contributed by atoms with Gasteiger partial charge < -0.3 is 24.7 Å². The van der Waals surface area contributed by atoms with Crippen LogP contribution in [0.2, 0.25) is 0 Å². The predicted molar refractivity (Wildman–Crippen MR) is 109 cm³/mol. The Kier molecular flexibility index (Phi) is 4.94. The number of allylic oxidation sites excluding steroid dienone is 1. The molecule has 1 aliphatic heterocycles. The number of H-pyrrole nitrogens is 1. The number of methoxy groups -OCH3 is 3. The maximum atomic E-state index is 9.85. The van der Waals surface area contributed by atoms with Gasteiger partial charge in [0.25, 0.3) is 0 Å². The third kappa shape index (κ3) is 3.06. The van der Waals surface area contributed by atoms with Gasteiger partial charge in [0.1, 0.15) is 17.4 Å². The van der Waals surface area contributed by atoms with E-state index in [-0.39, 0.29) is 5.88 Å². The molecule has 8 heteroatoms. The standard InChI is InChI=1S/C22H20N4O4/c1-27-14-6-4-5-13(9-14)20-19-18(12-7-8-16(28-2)17(10-12)29-3)15(11-23)21(24)30-22(19)26-25-20/h4-10,18H,24H2,1-3H3,(H,25,26)/t18-/m0/s1. The van der Waals surface area contributed by atoms with Gasteiger partial charge in [-0.1, -0.05) is 18.2 Å². The molecule has 0 radical (unpaired) electrons. The van der Waals surface area contributed by atoms with Crippen LogP contribution in [0.15, 0.2) is 53.9 Å².